The van der Waals surface area contributed by atoms with E-state index in [0.717, 1.165) is 22.7 Å². The van der Waals surface area contributed by atoms with Crippen LogP contribution in [0, 0.1) is 6.92 Å². The van der Waals surface area contributed by atoms with Crippen LogP contribution in [0.5, 0.6) is 0 Å². The number of aromatic nitrogens is 3. The van der Waals surface area contributed by atoms with Gasteiger partial charge >= 0.3 is 0 Å². The third-order valence-electron chi connectivity index (χ3n) is 3.30. The number of amides is 2. The van der Waals surface area contributed by atoms with Gasteiger partial charge in [-0.1, -0.05) is 32.5 Å². The Labute approximate surface area is 149 Å². The van der Waals surface area contributed by atoms with E-state index in [2.05, 4.69) is 26.0 Å². The molecule has 0 radical (unpaired) electrons. The third-order valence-corrected chi connectivity index (χ3v) is 5.24. The molecule has 7 nitrogen and oxygen atoms in total. The second-order valence-electron chi connectivity index (χ2n) is 5.49. The molecule has 24 heavy (non-hydrogen) atoms. The number of nitrogens with one attached hydrogen (secondary N) is 3. The number of hydrogen-bond acceptors (Lipinski definition) is 6. The van der Waals surface area contributed by atoms with Crippen LogP contribution in [0.15, 0.2) is 11.2 Å². The highest BCUT2D eigenvalue weighted by Crippen LogP contribution is 2.21. The fraction of sp³-hybridized carbons (Fsp3) is 0.467. The Bertz CT molecular complexity index is 723. The van der Waals surface area contributed by atoms with Gasteiger partial charge in [-0.3, -0.25) is 25.5 Å². The van der Waals surface area contributed by atoms with Crippen molar-refractivity contribution in [2.45, 2.75) is 45.2 Å². The first-order valence-electron chi connectivity index (χ1n) is 7.64. The van der Waals surface area contributed by atoms with Crippen molar-refractivity contribution in [3.8, 4) is 0 Å². The Balaban J connectivity index is 1.78. The zero-order valence-corrected chi connectivity index (χ0v) is 15.7. The van der Waals surface area contributed by atoms with Crippen molar-refractivity contribution in [2.75, 3.05) is 5.75 Å². The van der Waals surface area contributed by atoms with Crippen LogP contribution < -0.4 is 10.9 Å². The maximum atomic E-state index is 12.0. The van der Waals surface area contributed by atoms with Crippen molar-refractivity contribution in [1.29, 1.82) is 0 Å². The maximum Gasteiger partial charge on any atom is 0.279 e. The van der Waals surface area contributed by atoms with E-state index in [-0.39, 0.29) is 23.5 Å². The Morgan fingerprint density at radius 2 is 2.12 bits per heavy atom. The molecule has 130 valence electrons. The lowest BCUT2D eigenvalue weighted by Crippen LogP contribution is -2.42. The minimum atomic E-state index is -0.312. The van der Waals surface area contributed by atoms with Gasteiger partial charge in [0.1, 0.15) is 5.82 Å². The van der Waals surface area contributed by atoms with Gasteiger partial charge in [-0.25, -0.2) is 4.98 Å². The van der Waals surface area contributed by atoms with Crippen molar-refractivity contribution in [1.82, 2.24) is 26.0 Å². The second-order valence-corrected chi connectivity index (χ2v) is 7.69. The fourth-order valence-corrected chi connectivity index (χ4v) is 3.53. The van der Waals surface area contributed by atoms with E-state index in [9.17, 15) is 9.59 Å². The molecular weight excluding hydrogens is 346 g/mol. The summed E-state index contributed by atoms with van der Waals surface area (Å²) in [5.74, 6) is 0.543. The zero-order chi connectivity index (χ0) is 17.7. The number of thioether (sulfide) groups is 1. The lowest BCUT2D eigenvalue weighted by atomic mass is 10.2. The lowest BCUT2D eigenvalue weighted by Gasteiger charge is -2.05. The van der Waals surface area contributed by atoms with Gasteiger partial charge in [0.2, 0.25) is 11.1 Å². The Hall–Kier alpha value is -1.87. The molecule has 0 saturated heterocycles. The van der Waals surface area contributed by atoms with Crippen LogP contribution >= 0.6 is 23.1 Å². The number of hydrazine groups is 1. The average Bonchev–Trinajstić information content (AvgIpc) is 3.17. The van der Waals surface area contributed by atoms with E-state index in [4.69, 9.17) is 0 Å². The summed E-state index contributed by atoms with van der Waals surface area (Å²) in [6.07, 6.45) is 0.883. The van der Waals surface area contributed by atoms with Crippen molar-refractivity contribution in [3.63, 3.8) is 0 Å². The van der Waals surface area contributed by atoms with Gasteiger partial charge in [0, 0.05) is 10.8 Å². The first kappa shape index (κ1) is 18.5. The van der Waals surface area contributed by atoms with Gasteiger partial charge in [-0.15, -0.1) is 16.4 Å². The van der Waals surface area contributed by atoms with E-state index in [1.165, 1.54) is 23.1 Å². The molecule has 2 rings (SSSR count). The van der Waals surface area contributed by atoms with E-state index in [1.54, 1.807) is 0 Å². The Morgan fingerprint density at radius 3 is 2.71 bits per heavy atom. The smallest absolute Gasteiger partial charge is 0.272 e. The predicted molar refractivity (Wildman–Crippen MR) is 95.2 cm³/mol. The molecule has 2 heterocycles. The van der Waals surface area contributed by atoms with Crippen LogP contribution in [0.4, 0.5) is 0 Å². The minimum Gasteiger partial charge on any atom is -0.272 e. The summed E-state index contributed by atoms with van der Waals surface area (Å²) in [5.41, 5.74) is 5.99. The van der Waals surface area contributed by atoms with Crippen LogP contribution in [0.25, 0.3) is 0 Å². The summed E-state index contributed by atoms with van der Waals surface area (Å²) < 4.78 is 0. The van der Waals surface area contributed by atoms with Gasteiger partial charge in [-0.05, 0) is 25.0 Å². The Kier molecular flexibility index (Phi) is 6.38. The third kappa shape index (κ3) is 4.81. The molecule has 3 N–H and O–H groups in total. The Morgan fingerprint density at radius 1 is 1.38 bits per heavy atom. The molecule has 0 aromatic carbocycles. The number of carbonyl (C=O) groups excluding carboxylic acids is 2. The number of rotatable bonds is 6. The molecule has 2 aromatic heterocycles. The average molecular weight is 368 g/mol. The maximum absolute atomic E-state index is 12.0. The molecule has 0 aliphatic carbocycles. The van der Waals surface area contributed by atoms with Gasteiger partial charge in [0.25, 0.3) is 5.91 Å². The van der Waals surface area contributed by atoms with Crippen LogP contribution in [0.1, 0.15) is 52.6 Å². The van der Waals surface area contributed by atoms with Crippen molar-refractivity contribution in [3.05, 3.63) is 27.2 Å². The molecule has 0 aliphatic heterocycles. The molecule has 9 heteroatoms. The number of H-pyrrole nitrogens is 1. The summed E-state index contributed by atoms with van der Waals surface area (Å²) >= 11 is 2.63. The lowest BCUT2D eigenvalue weighted by molar-refractivity contribution is -0.119. The van der Waals surface area contributed by atoms with Gasteiger partial charge in [0.05, 0.1) is 10.6 Å². The summed E-state index contributed by atoms with van der Waals surface area (Å²) in [6, 6.07) is 1.86. The molecular formula is C15H21N5O2S2. The number of hydrogen-bond donors (Lipinski definition) is 3. The minimum absolute atomic E-state index is 0.124. The number of aromatic amines is 1. The molecule has 2 amide bonds. The molecule has 0 fully saturated rings. The number of carbonyl (C=O) groups is 2. The monoisotopic (exact) mass is 367 g/mol. The summed E-state index contributed by atoms with van der Waals surface area (Å²) in [4.78, 5) is 29.8. The van der Waals surface area contributed by atoms with Gasteiger partial charge < -0.3 is 0 Å². The summed E-state index contributed by atoms with van der Waals surface area (Å²) in [5, 5.41) is 7.38. The largest absolute Gasteiger partial charge is 0.279 e. The van der Waals surface area contributed by atoms with E-state index in [1.807, 2.05) is 33.8 Å². The fourth-order valence-electron chi connectivity index (χ4n) is 1.92. The molecule has 0 saturated carbocycles. The number of aryl methyl sites for hydroxylation is 2. The first-order valence-corrected chi connectivity index (χ1v) is 9.44. The van der Waals surface area contributed by atoms with Crippen LogP contribution in [0.3, 0.4) is 0 Å². The SMILES string of the molecule is CCc1cc(C(=O)NNC(=O)CSc2n[nH]c(C(C)C)n2)sc1C. The highest BCUT2D eigenvalue weighted by atomic mass is 32.2. The van der Waals surface area contributed by atoms with Crippen LogP contribution in [-0.4, -0.2) is 32.7 Å². The zero-order valence-electron chi connectivity index (χ0n) is 14.1. The molecule has 0 unspecified atom stereocenters. The number of thiophene rings is 1. The van der Waals surface area contributed by atoms with Gasteiger partial charge in [-0.2, -0.15) is 0 Å². The topological polar surface area (TPSA) is 99.8 Å². The van der Waals surface area contributed by atoms with E-state index >= 15 is 0 Å². The van der Waals surface area contributed by atoms with Crippen molar-refractivity contribution in [2.24, 2.45) is 0 Å². The molecule has 0 aliphatic rings. The summed E-state index contributed by atoms with van der Waals surface area (Å²) in [7, 11) is 0. The highest BCUT2D eigenvalue weighted by Gasteiger charge is 2.13. The predicted octanol–water partition coefficient (Wildman–Crippen LogP) is 2.41. The summed E-state index contributed by atoms with van der Waals surface area (Å²) in [6.45, 7) is 8.04. The number of nitrogens with zero attached hydrogens (tertiary/aromatic N) is 2. The molecule has 0 bridgehead atoms. The molecule has 0 atom stereocenters. The van der Waals surface area contributed by atoms with Gasteiger partial charge in [0.15, 0.2) is 0 Å². The highest BCUT2D eigenvalue weighted by molar-refractivity contribution is 7.99. The standard InChI is InChI=1S/C15H21N5O2S2/c1-5-10-6-11(24-9(10)4)14(22)19-17-12(21)7-23-15-16-13(8(2)3)18-20-15/h6,8H,5,7H2,1-4H3,(H,17,21)(H,19,22)(H,16,18,20). The van der Waals surface area contributed by atoms with E-state index < -0.39 is 0 Å². The molecule has 0 spiro atoms. The van der Waals surface area contributed by atoms with Crippen LogP contribution in [-0.2, 0) is 11.2 Å². The quantitative estimate of drug-likeness (QED) is 0.538. The van der Waals surface area contributed by atoms with Crippen molar-refractivity contribution < 1.29 is 9.59 Å². The second kappa shape index (κ2) is 8.29. The van der Waals surface area contributed by atoms with Crippen LogP contribution in [0.2, 0.25) is 0 Å². The van der Waals surface area contributed by atoms with Crippen molar-refractivity contribution >= 4 is 34.9 Å². The normalized spacial score (nSPS) is 10.9. The molecule has 2 aromatic rings. The van der Waals surface area contributed by atoms with E-state index in [0.29, 0.717) is 10.0 Å². The first-order chi connectivity index (χ1) is 11.4.